The van der Waals surface area contributed by atoms with Crippen molar-refractivity contribution in [2.24, 2.45) is 10.9 Å². The van der Waals surface area contributed by atoms with Crippen molar-refractivity contribution in [3.63, 3.8) is 0 Å². The molecule has 1 aromatic carbocycles. The van der Waals surface area contributed by atoms with Crippen LogP contribution in [0.1, 0.15) is 32.4 Å². The Kier molecular flexibility index (Phi) is 9.94. The first-order valence-corrected chi connectivity index (χ1v) is 9.01. The van der Waals surface area contributed by atoms with Crippen molar-refractivity contribution in [2.45, 2.75) is 33.2 Å². The molecule has 2 N–H and O–H groups in total. The molecule has 0 fully saturated rings. The van der Waals surface area contributed by atoms with Crippen molar-refractivity contribution >= 4 is 41.3 Å². The predicted molar refractivity (Wildman–Crippen MR) is 115 cm³/mol. The largest absolute Gasteiger partial charge is 0.356 e. The van der Waals surface area contributed by atoms with E-state index in [2.05, 4.69) is 52.0 Å². The Morgan fingerprint density at radius 3 is 2.62 bits per heavy atom. The number of halogens is 1. The van der Waals surface area contributed by atoms with Gasteiger partial charge in [0.2, 0.25) is 0 Å². The van der Waals surface area contributed by atoms with E-state index >= 15 is 0 Å². The van der Waals surface area contributed by atoms with E-state index in [-0.39, 0.29) is 24.0 Å². The molecule has 0 aliphatic rings. The molecule has 0 bridgehead atoms. The summed E-state index contributed by atoms with van der Waals surface area (Å²) in [5, 5.41) is 9.83. The van der Waals surface area contributed by atoms with Gasteiger partial charge in [0.05, 0.1) is 12.2 Å². The van der Waals surface area contributed by atoms with Gasteiger partial charge in [-0.1, -0.05) is 44.2 Å². The van der Waals surface area contributed by atoms with Gasteiger partial charge in [0.25, 0.3) is 0 Å². The maximum atomic E-state index is 4.68. The van der Waals surface area contributed by atoms with Crippen LogP contribution in [0.25, 0.3) is 10.6 Å². The lowest BCUT2D eigenvalue weighted by atomic mass is 10.1. The highest BCUT2D eigenvalue weighted by molar-refractivity contribution is 14.0. The van der Waals surface area contributed by atoms with E-state index in [1.165, 1.54) is 12.0 Å². The number of thiazole rings is 1. The smallest absolute Gasteiger partial charge is 0.191 e. The lowest BCUT2D eigenvalue weighted by Crippen LogP contribution is -2.37. The number of nitrogens with zero attached hydrogens (tertiary/aromatic N) is 2. The molecule has 2 rings (SSSR count). The number of nitrogens with one attached hydrogen (secondary N) is 2. The summed E-state index contributed by atoms with van der Waals surface area (Å²) in [7, 11) is 1.80. The molecule has 0 aliphatic carbocycles. The van der Waals surface area contributed by atoms with Crippen LogP contribution in [0, 0.1) is 5.92 Å². The Morgan fingerprint density at radius 1 is 1.21 bits per heavy atom. The lowest BCUT2D eigenvalue weighted by Gasteiger charge is -2.11. The molecule has 0 saturated heterocycles. The third-order valence-electron chi connectivity index (χ3n) is 3.48. The van der Waals surface area contributed by atoms with Crippen molar-refractivity contribution in [1.29, 1.82) is 0 Å². The molecule has 0 saturated carbocycles. The number of hydrogen-bond donors (Lipinski definition) is 2. The average Bonchev–Trinajstić information content (AvgIpc) is 3.04. The van der Waals surface area contributed by atoms with E-state index in [0.717, 1.165) is 35.5 Å². The minimum absolute atomic E-state index is 0. The van der Waals surface area contributed by atoms with Crippen molar-refractivity contribution in [2.75, 3.05) is 13.6 Å². The normalized spacial score (nSPS) is 11.2. The minimum Gasteiger partial charge on any atom is -0.356 e. The van der Waals surface area contributed by atoms with Crippen LogP contribution < -0.4 is 10.6 Å². The number of rotatable bonds is 7. The molecule has 4 nitrogen and oxygen atoms in total. The van der Waals surface area contributed by atoms with E-state index in [1.807, 2.05) is 18.2 Å². The van der Waals surface area contributed by atoms with Crippen molar-refractivity contribution in [3.8, 4) is 10.6 Å². The molecular weight excluding hydrogens is 431 g/mol. The third kappa shape index (κ3) is 7.17. The maximum Gasteiger partial charge on any atom is 0.191 e. The molecule has 0 unspecified atom stereocenters. The third-order valence-corrected chi connectivity index (χ3v) is 4.42. The number of hydrogen-bond acceptors (Lipinski definition) is 3. The van der Waals surface area contributed by atoms with Gasteiger partial charge in [0, 0.05) is 24.5 Å². The van der Waals surface area contributed by atoms with E-state index < -0.39 is 0 Å². The minimum atomic E-state index is 0. The summed E-state index contributed by atoms with van der Waals surface area (Å²) in [5.74, 6) is 1.58. The number of aromatic nitrogens is 1. The lowest BCUT2D eigenvalue weighted by molar-refractivity contribution is 0.549. The zero-order valence-corrected chi connectivity index (χ0v) is 17.7. The van der Waals surface area contributed by atoms with Crippen molar-refractivity contribution in [3.05, 3.63) is 41.4 Å². The Morgan fingerprint density at radius 2 is 1.96 bits per heavy atom. The van der Waals surface area contributed by atoms with Crippen LogP contribution in [0.15, 0.2) is 40.7 Å². The maximum absolute atomic E-state index is 4.68. The highest BCUT2D eigenvalue weighted by Gasteiger charge is 2.05. The fourth-order valence-corrected chi connectivity index (χ4v) is 3.04. The van der Waals surface area contributed by atoms with Gasteiger partial charge in [-0.15, -0.1) is 35.3 Å². The Hall–Kier alpha value is -1.15. The number of benzene rings is 1. The molecule has 1 heterocycles. The second-order valence-electron chi connectivity index (χ2n) is 5.90. The molecule has 132 valence electrons. The Labute approximate surface area is 166 Å². The fourth-order valence-electron chi connectivity index (χ4n) is 2.21. The summed E-state index contributed by atoms with van der Waals surface area (Å²) in [6.45, 7) is 6.14. The topological polar surface area (TPSA) is 49.3 Å². The fraction of sp³-hybridized carbons (Fsp3) is 0.444. The highest BCUT2D eigenvalue weighted by atomic mass is 127. The zero-order valence-electron chi connectivity index (χ0n) is 14.6. The first kappa shape index (κ1) is 20.9. The molecule has 1 aromatic heterocycles. The summed E-state index contributed by atoms with van der Waals surface area (Å²) in [6.07, 6.45) is 2.39. The molecule has 0 atom stereocenters. The van der Waals surface area contributed by atoms with Gasteiger partial charge in [-0.3, -0.25) is 4.99 Å². The van der Waals surface area contributed by atoms with Crippen LogP contribution >= 0.6 is 35.3 Å². The number of aliphatic imine (C=N–C) groups is 1. The standard InChI is InChI=1S/C18H26N4S.HI/c1-14(2)8-7-11-20-18(19-3)21-12-16-13-23-17(22-16)15-9-5-4-6-10-15;/h4-6,9-10,13-14H,7-8,11-12H2,1-3H3,(H2,19,20,21);1H. The van der Waals surface area contributed by atoms with Crippen LogP contribution in [0.5, 0.6) is 0 Å². The molecule has 0 aliphatic heterocycles. The zero-order chi connectivity index (χ0) is 16.5. The van der Waals surface area contributed by atoms with Crippen LogP contribution in [0.4, 0.5) is 0 Å². The van der Waals surface area contributed by atoms with Crippen LogP contribution in [0.2, 0.25) is 0 Å². The summed E-state index contributed by atoms with van der Waals surface area (Å²) in [5.41, 5.74) is 2.21. The van der Waals surface area contributed by atoms with Gasteiger partial charge in [-0.05, 0) is 18.8 Å². The van der Waals surface area contributed by atoms with Gasteiger partial charge in [0.15, 0.2) is 5.96 Å². The van der Waals surface area contributed by atoms with Crippen molar-refractivity contribution in [1.82, 2.24) is 15.6 Å². The van der Waals surface area contributed by atoms with Crippen LogP contribution in [0.3, 0.4) is 0 Å². The van der Waals surface area contributed by atoms with Crippen LogP contribution in [-0.2, 0) is 6.54 Å². The summed E-state index contributed by atoms with van der Waals surface area (Å²) in [6, 6.07) is 10.3. The predicted octanol–water partition coefficient (Wildman–Crippen LogP) is 4.53. The molecule has 6 heteroatoms. The van der Waals surface area contributed by atoms with E-state index in [1.54, 1.807) is 18.4 Å². The van der Waals surface area contributed by atoms with Gasteiger partial charge in [-0.2, -0.15) is 0 Å². The first-order valence-electron chi connectivity index (χ1n) is 8.13. The summed E-state index contributed by atoms with van der Waals surface area (Å²) >= 11 is 1.68. The van der Waals surface area contributed by atoms with Gasteiger partial charge in [-0.25, -0.2) is 4.98 Å². The van der Waals surface area contributed by atoms with E-state index in [0.29, 0.717) is 6.54 Å². The van der Waals surface area contributed by atoms with Gasteiger partial charge in [0.1, 0.15) is 5.01 Å². The van der Waals surface area contributed by atoms with E-state index in [9.17, 15) is 0 Å². The Balaban J connectivity index is 0.00000288. The van der Waals surface area contributed by atoms with Crippen LogP contribution in [-0.4, -0.2) is 24.5 Å². The Bertz CT molecular complexity index is 610. The van der Waals surface area contributed by atoms with Crippen molar-refractivity contribution < 1.29 is 0 Å². The molecule has 0 amide bonds. The monoisotopic (exact) mass is 458 g/mol. The van der Waals surface area contributed by atoms with Gasteiger partial charge < -0.3 is 10.6 Å². The van der Waals surface area contributed by atoms with Gasteiger partial charge >= 0.3 is 0 Å². The number of guanidine groups is 1. The molecule has 0 radical (unpaired) electrons. The second-order valence-corrected chi connectivity index (χ2v) is 6.76. The summed E-state index contributed by atoms with van der Waals surface area (Å²) in [4.78, 5) is 8.93. The summed E-state index contributed by atoms with van der Waals surface area (Å²) < 4.78 is 0. The second kappa shape index (κ2) is 11.4. The molecule has 2 aromatic rings. The molecular formula is C18H27IN4S. The van der Waals surface area contributed by atoms with E-state index in [4.69, 9.17) is 0 Å². The average molecular weight is 458 g/mol. The molecule has 0 spiro atoms. The first-order chi connectivity index (χ1) is 11.2. The SMILES string of the molecule is CN=C(NCCCC(C)C)NCc1csc(-c2ccccc2)n1.I. The molecule has 24 heavy (non-hydrogen) atoms. The highest BCUT2D eigenvalue weighted by Crippen LogP contribution is 2.23. The quantitative estimate of drug-likeness (QED) is 0.278.